The number of carbonyl (C=O) groups is 1. The van der Waals surface area contributed by atoms with Gasteiger partial charge in [-0.25, -0.2) is 0 Å². The third kappa shape index (κ3) is 2.87. The third-order valence-corrected chi connectivity index (χ3v) is 2.29. The molecule has 0 fully saturated rings. The van der Waals surface area contributed by atoms with Gasteiger partial charge in [-0.1, -0.05) is 31.5 Å². The molecule has 2 heteroatoms. The Kier molecular flexibility index (Phi) is 3.69. The second-order valence-corrected chi connectivity index (χ2v) is 3.58. The number of carboxylic acid groups (broad SMARTS) is 1. The van der Waals surface area contributed by atoms with E-state index in [1.54, 1.807) is 0 Å². The van der Waals surface area contributed by atoms with Crippen molar-refractivity contribution in [3.05, 3.63) is 34.9 Å². The van der Waals surface area contributed by atoms with Crippen molar-refractivity contribution >= 4 is 5.97 Å². The second-order valence-electron chi connectivity index (χ2n) is 3.58. The Hall–Kier alpha value is -1.31. The van der Waals surface area contributed by atoms with E-state index in [9.17, 15) is 4.79 Å². The molecule has 14 heavy (non-hydrogen) atoms. The topological polar surface area (TPSA) is 37.3 Å². The Morgan fingerprint density at radius 1 is 1.43 bits per heavy atom. The van der Waals surface area contributed by atoms with E-state index in [-0.39, 0.29) is 6.42 Å². The lowest BCUT2D eigenvalue weighted by molar-refractivity contribution is -0.136. The van der Waals surface area contributed by atoms with Crippen molar-refractivity contribution in [3.8, 4) is 0 Å². The first-order chi connectivity index (χ1) is 6.63. The smallest absolute Gasteiger partial charge is 0.307 e. The molecule has 0 bridgehead atoms. The quantitative estimate of drug-likeness (QED) is 0.796. The Morgan fingerprint density at radius 2 is 2.14 bits per heavy atom. The van der Waals surface area contributed by atoms with E-state index < -0.39 is 5.97 Å². The molecule has 0 saturated heterocycles. The zero-order valence-corrected chi connectivity index (χ0v) is 8.71. The fourth-order valence-electron chi connectivity index (χ4n) is 1.55. The van der Waals surface area contributed by atoms with Gasteiger partial charge in [-0.3, -0.25) is 4.79 Å². The standard InChI is InChI=1S/C12H16O2/c1-3-4-11-7-10(8-12(13)14)6-5-9(11)2/h5-7H,3-4,8H2,1-2H3,(H,13,14). The van der Waals surface area contributed by atoms with Crippen molar-refractivity contribution in [2.45, 2.75) is 33.1 Å². The lowest BCUT2D eigenvalue weighted by atomic mass is 10.00. The van der Waals surface area contributed by atoms with E-state index in [4.69, 9.17) is 5.11 Å². The van der Waals surface area contributed by atoms with Crippen LogP contribution in [0.1, 0.15) is 30.0 Å². The van der Waals surface area contributed by atoms with Crippen LogP contribution in [0.3, 0.4) is 0 Å². The highest BCUT2D eigenvalue weighted by Crippen LogP contribution is 2.13. The molecule has 0 aliphatic heterocycles. The zero-order valence-electron chi connectivity index (χ0n) is 8.71. The van der Waals surface area contributed by atoms with Crippen molar-refractivity contribution in [1.82, 2.24) is 0 Å². The third-order valence-electron chi connectivity index (χ3n) is 2.29. The minimum atomic E-state index is -0.767. The van der Waals surface area contributed by atoms with Crippen LogP contribution in [-0.4, -0.2) is 11.1 Å². The molecule has 0 aliphatic rings. The average Bonchev–Trinajstić information content (AvgIpc) is 2.10. The van der Waals surface area contributed by atoms with Crippen LogP contribution in [0.4, 0.5) is 0 Å². The monoisotopic (exact) mass is 192 g/mol. The first kappa shape index (κ1) is 10.8. The highest BCUT2D eigenvalue weighted by Gasteiger charge is 2.03. The lowest BCUT2D eigenvalue weighted by Gasteiger charge is -2.06. The van der Waals surface area contributed by atoms with Gasteiger partial charge in [0.25, 0.3) is 0 Å². The van der Waals surface area contributed by atoms with Crippen LogP contribution < -0.4 is 0 Å². The Balaban J connectivity index is 2.88. The van der Waals surface area contributed by atoms with Gasteiger partial charge in [-0.05, 0) is 30.0 Å². The summed E-state index contributed by atoms with van der Waals surface area (Å²) >= 11 is 0. The summed E-state index contributed by atoms with van der Waals surface area (Å²) < 4.78 is 0. The molecular weight excluding hydrogens is 176 g/mol. The minimum absolute atomic E-state index is 0.122. The first-order valence-electron chi connectivity index (χ1n) is 4.93. The maximum absolute atomic E-state index is 10.5. The van der Waals surface area contributed by atoms with Gasteiger partial charge in [0.1, 0.15) is 0 Å². The molecular formula is C12H16O2. The van der Waals surface area contributed by atoms with E-state index in [0.29, 0.717) is 0 Å². The summed E-state index contributed by atoms with van der Waals surface area (Å²) in [5, 5.41) is 8.66. The molecule has 0 atom stereocenters. The predicted molar refractivity (Wildman–Crippen MR) is 56.5 cm³/mol. The number of hydrogen-bond donors (Lipinski definition) is 1. The number of rotatable bonds is 4. The maximum atomic E-state index is 10.5. The molecule has 0 saturated carbocycles. The van der Waals surface area contributed by atoms with Crippen molar-refractivity contribution in [2.24, 2.45) is 0 Å². The van der Waals surface area contributed by atoms with Crippen LogP contribution >= 0.6 is 0 Å². The van der Waals surface area contributed by atoms with Crippen LogP contribution in [-0.2, 0) is 17.6 Å². The number of aliphatic carboxylic acids is 1. The Labute approximate surface area is 84.6 Å². The fourth-order valence-corrected chi connectivity index (χ4v) is 1.55. The highest BCUT2D eigenvalue weighted by atomic mass is 16.4. The SMILES string of the molecule is CCCc1cc(CC(=O)O)ccc1C. The Morgan fingerprint density at radius 3 is 2.71 bits per heavy atom. The Bertz CT molecular complexity index is 329. The average molecular weight is 192 g/mol. The summed E-state index contributed by atoms with van der Waals surface area (Å²) in [4.78, 5) is 10.5. The molecule has 76 valence electrons. The van der Waals surface area contributed by atoms with Crippen molar-refractivity contribution in [1.29, 1.82) is 0 Å². The van der Waals surface area contributed by atoms with Gasteiger partial charge in [0, 0.05) is 0 Å². The van der Waals surface area contributed by atoms with Gasteiger partial charge < -0.3 is 5.11 Å². The fraction of sp³-hybridized carbons (Fsp3) is 0.417. The number of aryl methyl sites for hydroxylation is 2. The number of carboxylic acids is 1. The molecule has 0 amide bonds. The summed E-state index contributed by atoms with van der Waals surface area (Å²) in [6.45, 7) is 4.19. The molecule has 2 nitrogen and oxygen atoms in total. The highest BCUT2D eigenvalue weighted by molar-refractivity contribution is 5.70. The van der Waals surface area contributed by atoms with Gasteiger partial charge in [-0.2, -0.15) is 0 Å². The minimum Gasteiger partial charge on any atom is -0.481 e. The van der Waals surface area contributed by atoms with Gasteiger partial charge in [-0.15, -0.1) is 0 Å². The number of hydrogen-bond acceptors (Lipinski definition) is 1. The second kappa shape index (κ2) is 4.80. The van der Waals surface area contributed by atoms with Crippen LogP contribution in [0.25, 0.3) is 0 Å². The van der Waals surface area contributed by atoms with E-state index in [1.807, 2.05) is 18.2 Å². The van der Waals surface area contributed by atoms with Gasteiger partial charge in [0.15, 0.2) is 0 Å². The predicted octanol–water partition coefficient (Wildman–Crippen LogP) is 2.57. The largest absolute Gasteiger partial charge is 0.481 e. The molecule has 0 aromatic heterocycles. The van der Waals surface area contributed by atoms with E-state index in [1.165, 1.54) is 11.1 Å². The van der Waals surface area contributed by atoms with Gasteiger partial charge in [0.2, 0.25) is 0 Å². The molecule has 1 N–H and O–H groups in total. The molecule has 0 unspecified atom stereocenters. The molecule has 1 aromatic rings. The van der Waals surface area contributed by atoms with Crippen molar-refractivity contribution in [3.63, 3.8) is 0 Å². The number of benzene rings is 1. The van der Waals surface area contributed by atoms with Crippen LogP contribution in [0.5, 0.6) is 0 Å². The summed E-state index contributed by atoms with van der Waals surface area (Å²) in [5.74, 6) is -0.767. The summed E-state index contributed by atoms with van der Waals surface area (Å²) in [5.41, 5.74) is 3.42. The molecule has 1 rings (SSSR count). The normalized spacial score (nSPS) is 10.1. The van der Waals surface area contributed by atoms with Gasteiger partial charge >= 0.3 is 5.97 Å². The van der Waals surface area contributed by atoms with Crippen LogP contribution in [0, 0.1) is 6.92 Å². The van der Waals surface area contributed by atoms with Crippen LogP contribution in [0.15, 0.2) is 18.2 Å². The van der Waals surface area contributed by atoms with E-state index >= 15 is 0 Å². The maximum Gasteiger partial charge on any atom is 0.307 e. The molecule has 0 aliphatic carbocycles. The summed E-state index contributed by atoms with van der Waals surface area (Å²) in [6.07, 6.45) is 2.24. The molecule has 0 heterocycles. The summed E-state index contributed by atoms with van der Waals surface area (Å²) in [7, 11) is 0. The molecule has 0 spiro atoms. The van der Waals surface area contributed by atoms with E-state index in [0.717, 1.165) is 18.4 Å². The zero-order chi connectivity index (χ0) is 10.6. The lowest BCUT2D eigenvalue weighted by Crippen LogP contribution is -2.01. The van der Waals surface area contributed by atoms with Crippen molar-refractivity contribution < 1.29 is 9.90 Å². The van der Waals surface area contributed by atoms with Crippen molar-refractivity contribution in [2.75, 3.05) is 0 Å². The van der Waals surface area contributed by atoms with Crippen LogP contribution in [0.2, 0.25) is 0 Å². The summed E-state index contributed by atoms with van der Waals surface area (Å²) in [6, 6.07) is 5.90. The van der Waals surface area contributed by atoms with E-state index in [2.05, 4.69) is 13.8 Å². The first-order valence-corrected chi connectivity index (χ1v) is 4.93. The molecule has 1 aromatic carbocycles. The van der Waals surface area contributed by atoms with Gasteiger partial charge in [0.05, 0.1) is 6.42 Å². The molecule has 0 radical (unpaired) electrons.